The number of fused-ring (bicyclic) bond motifs is 1. The third-order valence-electron chi connectivity index (χ3n) is 5.76. The molecule has 2 heterocycles. The van der Waals surface area contributed by atoms with Gasteiger partial charge in [0, 0.05) is 42.4 Å². The van der Waals surface area contributed by atoms with Crippen molar-refractivity contribution in [2.24, 2.45) is 5.92 Å². The molecule has 1 aliphatic rings. The van der Waals surface area contributed by atoms with Gasteiger partial charge in [-0.3, -0.25) is 4.79 Å². The Hall–Kier alpha value is -3.28. The minimum Gasteiger partial charge on any atom is -0.497 e. The Morgan fingerprint density at radius 1 is 1.10 bits per heavy atom. The third-order valence-corrected chi connectivity index (χ3v) is 5.76. The number of anilines is 2. The Morgan fingerprint density at radius 2 is 1.84 bits per heavy atom. The zero-order valence-corrected chi connectivity index (χ0v) is 18.6. The number of carbonyl (C=O) groups excluding carboxylic acids is 1. The molecule has 6 nitrogen and oxygen atoms in total. The first-order chi connectivity index (χ1) is 15.0. The molecule has 1 aromatic heterocycles. The number of carbonyl (C=O) groups is 1. The van der Waals surface area contributed by atoms with Gasteiger partial charge in [0.2, 0.25) is 0 Å². The van der Waals surface area contributed by atoms with Crippen molar-refractivity contribution in [2.45, 2.75) is 26.7 Å². The number of amides is 1. The van der Waals surface area contributed by atoms with Gasteiger partial charge in [0.25, 0.3) is 5.91 Å². The second-order valence-corrected chi connectivity index (χ2v) is 8.30. The number of nitrogens with one attached hydrogen (secondary N) is 1. The van der Waals surface area contributed by atoms with E-state index < -0.39 is 0 Å². The molecule has 0 saturated carbocycles. The average molecular weight is 420 g/mol. The minimum atomic E-state index is -0.0136. The van der Waals surface area contributed by atoms with Gasteiger partial charge in [0.05, 0.1) is 25.4 Å². The molecule has 0 radical (unpaired) electrons. The van der Waals surface area contributed by atoms with Gasteiger partial charge in [0.15, 0.2) is 0 Å². The molecule has 6 heteroatoms. The fraction of sp³-hybridized carbons (Fsp3) is 0.360. The molecule has 2 aromatic carbocycles. The van der Waals surface area contributed by atoms with Gasteiger partial charge in [-0.1, -0.05) is 18.6 Å². The Kier molecular flexibility index (Phi) is 5.98. The number of aromatic nitrogens is 1. The van der Waals surface area contributed by atoms with Crippen molar-refractivity contribution in [2.75, 3.05) is 32.6 Å². The lowest BCUT2D eigenvalue weighted by atomic mass is 10.00. The van der Waals surface area contributed by atoms with Crippen LogP contribution in [-0.4, -0.2) is 43.1 Å². The first kappa shape index (κ1) is 21.0. The normalized spacial score (nSPS) is 16.3. The summed E-state index contributed by atoms with van der Waals surface area (Å²) in [4.78, 5) is 19.9. The molecule has 1 atom stereocenters. The van der Waals surface area contributed by atoms with Crippen LogP contribution < -0.4 is 14.8 Å². The highest BCUT2D eigenvalue weighted by Crippen LogP contribution is 2.32. The molecule has 1 N–H and O–H groups in total. The Morgan fingerprint density at radius 3 is 2.52 bits per heavy atom. The van der Waals surface area contributed by atoms with Crippen molar-refractivity contribution in [1.82, 2.24) is 9.88 Å². The summed E-state index contributed by atoms with van der Waals surface area (Å²) in [6, 6.07) is 13.6. The smallest absolute Gasteiger partial charge is 0.272 e. The Labute approximate surface area is 183 Å². The van der Waals surface area contributed by atoms with Crippen molar-refractivity contribution in [1.29, 1.82) is 0 Å². The van der Waals surface area contributed by atoms with Gasteiger partial charge in [-0.2, -0.15) is 0 Å². The number of ether oxygens (including phenoxy) is 2. The molecule has 1 saturated heterocycles. The second kappa shape index (κ2) is 8.84. The SMILES string of the molecule is COc1cc(Nc2cc(C(=O)N3CCC[C@@H](C)C3)nc3ccc(C)cc23)cc(OC)c1. The van der Waals surface area contributed by atoms with Gasteiger partial charge < -0.3 is 19.7 Å². The van der Waals surface area contributed by atoms with E-state index in [4.69, 9.17) is 14.5 Å². The molecule has 1 aliphatic heterocycles. The summed E-state index contributed by atoms with van der Waals surface area (Å²) in [5, 5.41) is 4.42. The van der Waals surface area contributed by atoms with Crippen LogP contribution in [0.2, 0.25) is 0 Å². The number of pyridine rings is 1. The lowest BCUT2D eigenvalue weighted by Crippen LogP contribution is -2.39. The quantitative estimate of drug-likeness (QED) is 0.618. The first-order valence-electron chi connectivity index (χ1n) is 10.7. The van der Waals surface area contributed by atoms with Crippen LogP contribution in [0.4, 0.5) is 11.4 Å². The molecular weight excluding hydrogens is 390 g/mol. The van der Waals surface area contributed by atoms with Crippen molar-refractivity contribution in [3.05, 3.63) is 53.7 Å². The minimum absolute atomic E-state index is 0.0136. The van der Waals surface area contributed by atoms with Crippen molar-refractivity contribution in [3.8, 4) is 11.5 Å². The number of methoxy groups -OCH3 is 2. The molecule has 162 valence electrons. The van der Waals surface area contributed by atoms with Crippen molar-refractivity contribution in [3.63, 3.8) is 0 Å². The van der Waals surface area contributed by atoms with E-state index in [2.05, 4.69) is 18.3 Å². The zero-order chi connectivity index (χ0) is 22.0. The lowest BCUT2D eigenvalue weighted by molar-refractivity contribution is 0.0677. The maximum atomic E-state index is 13.3. The molecular formula is C25H29N3O3. The van der Waals surface area contributed by atoms with Crippen LogP contribution in [0.5, 0.6) is 11.5 Å². The predicted octanol–water partition coefficient (Wildman–Crippen LogP) is 5.18. The van der Waals surface area contributed by atoms with E-state index in [0.717, 1.165) is 47.4 Å². The Bertz CT molecular complexity index is 1090. The van der Waals surface area contributed by atoms with Crippen LogP contribution in [0, 0.1) is 12.8 Å². The number of piperidine rings is 1. The fourth-order valence-electron chi connectivity index (χ4n) is 4.12. The van der Waals surface area contributed by atoms with Crippen LogP contribution in [0.15, 0.2) is 42.5 Å². The van der Waals surface area contributed by atoms with Gasteiger partial charge in [0.1, 0.15) is 17.2 Å². The summed E-state index contributed by atoms with van der Waals surface area (Å²) in [7, 11) is 3.25. The highest BCUT2D eigenvalue weighted by molar-refractivity contribution is 6.01. The molecule has 31 heavy (non-hydrogen) atoms. The number of likely N-dealkylation sites (tertiary alicyclic amines) is 1. The summed E-state index contributed by atoms with van der Waals surface area (Å²) in [5.74, 6) is 1.88. The van der Waals surface area contributed by atoms with E-state index in [-0.39, 0.29) is 5.91 Å². The van der Waals surface area contributed by atoms with Gasteiger partial charge in [-0.05, 0) is 43.9 Å². The van der Waals surface area contributed by atoms with Gasteiger partial charge >= 0.3 is 0 Å². The van der Waals surface area contributed by atoms with Gasteiger partial charge in [-0.15, -0.1) is 0 Å². The van der Waals surface area contributed by atoms with E-state index in [1.807, 2.05) is 48.2 Å². The summed E-state index contributed by atoms with van der Waals surface area (Å²) < 4.78 is 10.8. The molecule has 0 spiro atoms. The highest BCUT2D eigenvalue weighted by atomic mass is 16.5. The number of hydrogen-bond donors (Lipinski definition) is 1. The average Bonchev–Trinajstić information content (AvgIpc) is 2.78. The van der Waals surface area contributed by atoms with E-state index in [1.165, 1.54) is 6.42 Å². The monoisotopic (exact) mass is 419 g/mol. The number of benzene rings is 2. The molecule has 1 amide bonds. The number of nitrogens with zero attached hydrogens (tertiary/aromatic N) is 2. The summed E-state index contributed by atoms with van der Waals surface area (Å²) in [6.45, 7) is 5.81. The second-order valence-electron chi connectivity index (χ2n) is 8.30. The van der Waals surface area contributed by atoms with E-state index in [9.17, 15) is 4.79 Å². The zero-order valence-electron chi connectivity index (χ0n) is 18.6. The molecule has 0 aliphatic carbocycles. The van der Waals surface area contributed by atoms with Crippen LogP contribution in [0.1, 0.15) is 35.8 Å². The first-order valence-corrected chi connectivity index (χ1v) is 10.7. The van der Waals surface area contributed by atoms with E-state index >= 15 is 0 Å². The lowest BCUT2D eigenvalue weighted by Gasteiger charge is -2.30. The van der Waals surface area contributed by atoms with E-state index in [0.29, 0.717) is 23.1 Å². The standard InChI is InChI=1S/C25H29N3O3/c1-16-7-8-22-21(10-16)23(26-18-11-19(30-3)13-20(12-18)31-4)14-24(27-22)25(29)28-9-5-6-17(2)15-28/h7-8,10-14,17H,5-6,9,15H2,1-4H3,(H,26,27)/t17-/m1/s1. The van der Waals surface area contributed by atoms with Gasteiger partial charge in [-0.25, -0.2) is 4.98 Å². The Balaban J connectivity index is 1.76. The van der Waals surface area contributed by atoms with Crippen molar-refractivity contribution >= 4 is 28.2 Å². The summed E-state index contributed by atoms with van der Waals surface area (Å²) in [6.07, 6.45) is 2.20. The molecule has 4 rings (SSSR count). The topological polar surface area (TPSA) is 63.7 Å². The maximum absolute atomic E-state index is 13.3. The molecule has 0 bridgehead atoms. The largest absolute Gasteiger partial charge is 0.497 e. The third kappa shape index (κ3) is 4.58. The molecule has 1 fully saturated rings. The highest BCUT2D eigenvalue weighted by Gasteiger charge is 2.24. The fourth-order valence-corrected chi connectivity index (χ4v) is 4.12. The van der Waals surface area contributed by atoms with Crippen LogP contribution in [-0.2, 0) is 0 Å². The van der Waals surface area contributed by atoms with Crippen LogP contribution >= 0.6 is 0 Å². The summed E-state index contributed by atoms with van der Waals surface area (Å²) in [5.41, 5.74) is 4.03. The van der Waals surface area contributed by atoms with E-state index in [1.54, 1.807) is 14.2 Å². The molecule has 3 aromatic rings. The number of aryl methyl sites for hydroxylation is 1. The number of hydrogen-bond acceptors (Lipinski definition) is 5. The number of rotatable bonds is 5. The maximum Gasteiger partial charge on any atom is 0.272 e. The van der Waals surface area contributed by atoms with Crippen molar-refractivity contribution < 1.29 is 14.3 Å². The molecule has 0 unspecified atom stereocenters. The van der Waals surface area contributed by atoms with Crippen LogP contribution in [0.3, 0.4) is 0 Å². The summed E-state index contributed by atoms with van der Waals surface area (Å²) >= 11 is 0. The van der Waals surface area contributed by atoms with Crippen LogP contribution in [0.25, 0.3) is 10.9 Å². The predicted molar refractivity (Wildman–Crippen MR) is 124 cm³/mol.